The third kappa shape index (κ3) is 4.19. The van der Waals surface area contributed by atoms with E-state index in [-0.39, 0.29) is 0 Å². The third-order valence-electron chi connectivity index (χ3n) is 4.06. The van der Waals surface area contributed by atoms with Crippen LogP contribution in [0.2, 0.25) is 0 Å². The summed E-state index contributed by atoms with van der Waals surface area (Å²) < 4.78 is 0. The molecule has 0 aromatic heterocycles. The van der Waals surface area contributed by atoms with Gasteiger partial charge in [0.05, 0.1) is 0 Å². The van der Waals surface area contributed by atoms with E-state index in [1.165, 1.54) is 16.7 Å². The van der Waals surface area contributed by atoms with Crippen molar-refractivity contribution in [3.8, 4) is 0 Å². The van der Waals surface area contributed by atoms with Crippen LogP contribution in [0, 0.1) is 0 Å². The smallest absolute Gasteiger partial charge is 0.0219 e. The first kappa shape index (κ1) is 16.3. The van der Waals surface area contributed by atoms with E-state index in [9.17, 15) is 0 Å². The monoisotopic (exact) mass is 291 g/mol. The topological polar surface area (TPSA) is 3.24 Å². The molecule has 0 bridgehead atoms. The van der Waals surface area contributed by atoms with Crippen LogP contribution in [0.25, 0.3) is 0 Å². The van der Waals surface area contributed by atoms with Crippen molar-refractivity contribution in [2.75, 3.05) is 20.1 Å². The van der Waals surface area contributed by atoms with Gasteiger partial charge >= 0.3 is 0 Å². The van der Waals surface area contributed by atoms with Crippen molar-refractivity contribution < 1.29 is 0 Å². The molecule has 1 nitrogen and oxygen atoms in total. The zero-order valence-corrected chi connectivity index (χ0v) is 13.4. The molecule has 1 heteroatoms. The van der Waals surface area contributed by atoms with Crippen LogP contribution in [0.3, 0.4) is 0 Å². The van der Waals surface area contributed by atoms with Crippen LogP contribution < -0.4 is 0 Å². The van der Waals surface area contributed by atoms with Crippen molar-refractivity contribution in [1.29, 1.82) is 0 Å². The fraction of sp³-hybridized carbons (Fsp3) is 0.238. The SMILES string of the molecule is C=CC=C.CN1CCc2ccccc2C(c2ccccc2)C1. The number of hydrogen-bond donors (Lipinski definition) is 0. The molecule has 1 unspecified atom stereocenters. The Labute approximate surface area is 134 Å². The molecule has 0 aliphatic carbocycles. The van der Waals surface area contributed by atoms with Gasteiger partial charge in [0.1, 0.15) is 0 Å². The lowest BCUT2D eigenvalue weighted by Gasteiger charge is -2.21. The molecule has 1 aliphatic heterocycles. The van der Waals surface area contributed by atoms with Crippen LogP contribution in [-0.4, -0.2) is 25.0 Å². The van der Waals surface area contributed by atoms with Gasteiger partial charge in [0, 0.05) is 19.0 Å². The fourth-order valence-corrected chi connectivity index (χ4v) is 2.88. The Morgan fingerprint density at radius 3 is 2.27 bits per heavy atom. The average Bonchev–Trinajstić information content (AvgIpc) is 2.75. The van der Waals surface area contributed by atoms with Crippen LogP contribution in [0.15, 0.2) is 79.9 Å². The summed E-state index contributed by atoms with van der Waals surface area (Å²) in [5.41, 5.74) is 4.45. The van der Waals surface area contributed by atoms with E-state index in [2.05, 4.69) is 79.7 Å². The molecular weight excluding hydrogens is 266 g/mol. The highest BCUT2D eigenvalue weighted by Crippen LogP contribution is 2.30. The molecule has 1 atom stereocenters. The number of nitrogens with zero attached hydrogens (tertiary/aromatic N) is 1. The molecule has 0 saturated carbocycles. The fourth-order valence-electron chi connectivity index (χ4n) is 2.88. The second-order valence-electron chi connectivity index (χ2n) is 5.65. The lowest BCUT2D eigenvalue weighted by Crippen LogP contribution is -2.24. The predicted molar refractivity (Wildman–Crippen MR) is 96.3 cm³/mol. The molecule has 0 fully saturated rings. The van der Waals surface area contributed by atoms with E-state index in [0.717, 1.165) is 19.5 Å². The summed E-state index contributed by atoms with van der Waals surface area (Å²) in [6.07, 6.45) is 4.44. The second-order valence-corrected chi connectivity index (χ2v) is 5.65. The van der Waals surface area contributed by atoms with Gasteiger partial charge in [-0.15, -0.1) is 0 Å². The van der Waals surface area contributed by atoms with Crippen LogP contribution in [0.5, 0.6) is 0 Å². The van der Waals surface area contributed by atoms with Crippen LogP contribution in [-0.2, 0) is 6.42 Å². The predicted octanol–water partition coefficient (Wildman–Crippen LogP) is 4.66. The van der Waals surface area contributed by atoms with Crippen molar-refractivity contribution in [1.82, 2.24) is 4.90 Å². The van der Waals surface area contributed by atoms with Crippen molar-refractivity contribution in [3.05, 3.63) is 96.6 Å². The van der Waals surface area contributed by atoms with Gasteiger partial charge in [-0.2, -0.15) is 0 Å². The maximum atomic E-state index is 3.36. The number of fused-ring (bicyclic) bond motifs is 1. The van der Waals surface area contributed by atoms with Crippen molar-refractivity contribution in [2.24, 2.45) is 0 Å². The molecule has 0 amide bonds. The highest BCUT2D eigenvalue weighted by Gasteiger charge is 2.21. The van der Waals surface area contributed by atoms with Gasteiger partial charge in [0.25, 0.3) is 0 Å². The summed E-state index contributed by atoms with van der Waals surface area (Å²) in [6, 6.07) is 19.8. The van der Waals surface area contributed by atoms with Gasteiger partial charge in [-0.3, -0.25) is 0 Å². The highest BCUT2D eigenvalue weighted by atomic mass is 15.1. The standard InChI is InChI=1S/C17H19N.C4H6/c1-18-12-11-15-9-5-6-10-16(15)17(13-18)14-7-3-2-4-8-14;1-3-4-2/h2-10,17H,11-13H2,1H3;3-4H,1-2H2. The Bertz CT molecular complexity index is 594. The van der Waals surface area contributed by atoms with E-state index in [1.54, 1.807) is 12.2 Å². The Balaban J connectivity index is 0.000000396. The minimum absolute atomic E-state index is 0.509. The normalized spacial score (nSPS) is 17.4. The molecule has 22 heavy (non-hydrogen) atoms. The lowest BCUT2D eigenvalue weighted by molar-refractivity contribution is 0.338. The van der Waals surface area contributed by atoms with Crippen molar-refractivity contribution >= 4 is 0 Å². The lowest BCUT2D eigenvalue weighted by atomic mass is 9.88. The van der Waals surface area contributed by atoms with E-state index in [4.69, 9.17) is 0 Å². The van der Waals surface area contributed by atoms with E-state index in [1.807, 2.05) is 0 Å². The minimum Gasteiger partial charge on any atom is -0.305 e. The summed E-state index contributed by atoms with van der Waals surface area (Å²) in [5, 5.41) is 0. The Kier molecular flexibility index (Phi) is 6.17. The van der Waals surface area contributed by atoms with E-state index < -0.39 is 0 Å². The molecule has 0 radical (unpaired) electrons. The molecule has 1 heterocycles. The van der Waals surface area contributed by atoms with Gasteiger partial charge < -0.3 is 4.90 Å². The first-order valence-electron chi connectivity index (χ1n) is 7.81. The highest BCUT2D eigenvalue weighted by molar-refractivity contribution is 5.39. The molecule has 0 spiro atoms. The van der Waals surface area contributed by atoms with Gasteiger partial charge in [-0.25, -0.2) is 0 Å². The molecule has 2 aromatic carbocycles. The maximum absolute atomic E-state index is 3.36. The first-order chi connectivity index (χ1) is 10.8. The molecule has 1 aliphatic rings. The molecule has 3 rings (SSSR count). The number of likely N-dealkylation sites (N-methyl/N-ethyl adjacent to an activating group) is 1. The minimum atomic E-state index is 0.509. The molecule has 2 aromatic rings. The number of benzene rings is 2. The zero-order valence-electron chi connectivity index (χ0n) is 13.4. The van der Waals surface area contributed by atoms with Gasteiger partial charge in [0.2, 0.25) is 0 Å². The summed E-state index contributed by atoms with van der Waals surface area (Å²) in [4.78, 5) is 2.44. The van der Waals surface area contributed by atoms with Crippen LogP contribution in [0.4, 0.5) is 0 Å². The molecular formula is C21H25N. The summed E-state index contributed by atoms with van der Waals surface area (Å²) in [7, 11) is 2.22. The summed E-state index contributed by atoms with van der Waals surface area (Å²) >= 11 is 0. The van der Waals surface area contributed by atoms with E-state index in [0.29, 0.717) is 5.92 Å². The van der Waals surface area contributed by atoms with Gasteiger partial charge in [-0.05, 0) is 30.2 Å². The number of allylic oxidation sites excluding steroid dienone is 2. The van der Waals surface area contributed by atoms with Crippen molar-refractivity contribution in [2.45, 2.75) is 12.3 Å². The Hall–Kier alpha value is -2.12. The second kappa shape index (κ2) is 8.35. The van der Waals surface area contributed by atoms with Crippen molar-refractivity contribution in [3.63, 3.8) is 0 Å². The van der Waals surface area contributed by atoms with Gasteiger partial charge in [-0.1, -0.05) is 79.9 Å². The summed E-state index contributed by atoms with van der Waals surface area (Å²) in [5.74, 6) is 0.509. The molecule has 114 valence electrons. The quantitative estimate of drug-likeness (QED) is 0.727. The number of hydrogen-bond acceptors (Lipinski definition) is 1. The number of rotatable bonds is 2. The van der Waals surface area contributed by atoms with Gasteiger partial charge in [0.15, 0.2) is 0 Å². The van der Waals surface area contributed by atoms with Crippen LogP contribution in [0.1, 0.15) is 22.6 Å². The summed E-state index contributed by atoms with van der Waals surface area (Å²) in [6.45, 7) is 8.99. The first-order valence-corrected chi connectivity index (χ1v) is 7.81. The molecule has 0 saturated heterocycles. The third-order valence-corrected chi connectivity index (χ3v) is 4.06. The van der Waals surface area contributed by atoms with Crippen LogP contribution >= 0.6 is 0 Å². The maximum Gasteiger partial charge on any atom is 0.0219 e. The molecule has 0 N–H and O–H groups in total. The Morgan fingerprint density at radius 2 is 1.59 bits per heavy atom. The average molecular weight is 291 g/mol. The Morgan fingerprint density at radius 1 is 0.955 bits per heavy atom. The zero-order chi connectivity index (χ0) is 15.8. The largest absolute Gasteiger partial charge is 0.305 e. The van der Waals surface area contributed by atoms with E-state index >= 15 is 0 Å².